The predicted molar refractivity (Wildman–Crippen MR) is 154 cm³/mol. The van der Waals surface area contributed by atoms with Gasteiger partial charge in [0.1, 0.15) is 16.5 Å². The zero-order valence-electron chi connectivity index (χ0n) is 22.0. The standard InChI is InChI=1S/C30H24F2N4O4S2/c31-23-10-9-20(15-21(23)19-4-2-1-3-5-19)28-22(12-18-8-11-27(24(32)13-18)42(33,39)40)26(14-17-6-7-17)36(35-28)30-34-25(16-41-30)29(37)38/h1-5,8-11,13,15-17H,6-7,12,14H2,(H,37,38)(H2,33,39,40). The molecule has 0 bridgehead atoms. The van der Waals surface area contributed by atoms with Gasteiger partial charge in [-0.25, -0.2) is 36.8 Å². The minimum Gasteiger partial charge on any atom is -0.476 e. The Hall–Kier alpha value is -4.26. The number of hydrogen-bond acceptors (Lipinski definition) is 6. The lowest BCUT2D eigenvalue weighted by atomic mass is 9.95. The van der Waals surface area contributed by atoms with Gasteiger partial charge in [-0.05, 0) is 66.6 Å². The van der Waals surface area contributed by atoms with Crippen molar-refractivity contribution in [1.82, 2.24) is 14.8 Å². The number of hydrogen-bond donors (Lipinski definition) is 2. The van der Waals surface area contributed by atoms with E-state index in [1.165, 1.54) is 17.5 Å². The Kier molecular flexibility index (Phi) is 7.21. The van der Waals surface area contributed by atoms with Crippen molar-refractivity contribution in [2.45, 2.75) is 30.6 Å². The fraction of sp³-hybridized carbons (Fsp3) is 0.167. The molecule has 0 radical (unpaired) electrons. The number of sulfonamides is 1. The molecule has 12 heteroatoms. The van der Waals surface area contributed by atoms with Crippen molar-refractivity contribution in [3.05, 3.63) is 106 Å². The Balaban J connectivity index is 1.54. The summed E-state index contributed by atoms with van der Waals surface area (Å²) >= 11 is 1.13. The maximum absolute atomic E-state index is 15.0. The molecule has 0 unspecified atom stereocenters. The van der Waals surface area contributed by atoms with Gasteiger partial charge in [0.05, 0.1) is 11.4 Å². The van der Waals surface area contributed by atoms with Gasteiger partial charge in [0.15, 0.2) is 5.69 Å². The van der Waals surface area contributed by atoms with Gasteiger partial charge in [-0.15, -0.1) is 11.3 Å². The molecule has 1 fully saturated rings. The predicted octanol–water partition coefficient (Wildman–Crippen LogP) is 5.83. The Morgan fingerprint density at radius 2 is 1.79 bits per heavy atom. The highest BCUT2D eigenvalue weighted by Gasteiger charge is 2.30. The second-order valence-electron chi connectivity index (χ2n) is 10.2. The zero-order valence-corrected chi connectivity index (χ0v) is 23.6. The average molecular weight is 607 g/mol. The average Bonchev–Trinajstić information content (AvgIpc) is 3.51. The van der Waals surface area contributed by atoms with Gasteiger partial charge < -0.3 is 5.11 Å². The maximum atomic E-state index is 15.0. The van der Waals surface area contributed by atoms with Crippen LogP contribution in [-0.2, 0) is 22.9 Å². The number of carboxylic acid groups (broad SMARTS) is 1. The van der Waals surface area contributed by atoms with Crippen molar-refractivity contribution in [1.29, 1.82) is 0 Å². The van der Waals surface area contributed by atoms with Gasteiger partial charge >= 0.3 is 5.97 Å². The summed E-state index contributed by atoms with van der Waals surface area (Å²) in [6.07, 6.45) is 2.83. The molecule has 0 spiro atoms. The molecule has 5 aromatic rings. The van der Waals surface area contributed by atoms with Crippen LogP contribution in [0.5, 0.6) is 0 Å². The lowest BCUT2D eigenvalue weighted by Gasteiger charge is -2.11. The lowest BCUT2D eigenvalue weighted by Crippen LogP contribution is -2.14. The van der Waals surface area contributed by atoms with Crippen molar-refractivity contribution in [3.63, 3.8) is 0 Å². The number of carboxylic acids is 1. The highest BCUT2D eigenvalue weighted by molar-refractivity contribution is 7.89. The van der Waals surface area contributed by atoms with Crippen LogP contribution in [0.1, 0.15) is 40.2 Å². The summed E-state index contributed by atoms with van der Waals surface area (Å²) in [5, 5.41) is 21.3. The van der Waals surface area contributed by atoms with Crippen molar-refractivity contribution in [3.8, 4) is 27.5 Å². The van der Waals surface area contributed by atoms with E-state index in [-0.39, 0.29) is 12.1 Å². The van der Waals surface area contributed by atoms with Gasteiger partial charge in [0.2, 0.25) is 15.2 Å². The largest absolute Gasteiger partial charge is 0.476 e. The van der Waals surface area contributed by atoms with Crippen LogP contribution in [0.25, 0.3) is 27.5 Å². The number of rotatable bonds is 9. The van der Waals surface area contributed by atoms with E-state index in [1.54, 1.807) is 28.9 Å². The van der Waals surface area contributed by atoms with Crippen LogP contribution in [0.2, 0.25) is 0 Å². The van der Waals surface area contributed by atoms with Crippen LogP contribution in [0.4, 0.5) is 8.78 Å². The minimum atomic E-state index is -4.24. The number of aromatic carboxylic acids is 1. The first-order chi connectivity index (χ1) is 20.1. The molecule has 1 saturated carbocycles. The van der Waals surface area contributed by atoms with E-state index in [0.717, 1.165) is 47.6 Å². The molecule has 1 aliphatic rings. The fourth-order valence-electron chi connectivity index (χ4n) is 4.93. The number of aromatic nitrogens is 3. The van der Waals surface area contributed by atoms with Crippen molar-refractivity contribution in [2.75, 3.05) is 0 Å². The summed E-state index contributed by atoms with van der Waals surface area (Å²) in [4.78, 5) is 15.3. The molecule has 0 atom stereocenters. The molecule has 0 amide bonds. The molecule has 2 aromatic heterocycles. The normalized spacial score (nSPS) is 13.4. The van der Waals surface area contributed by atoms with E-state index in [9.17, 15) is 22.7 Å². The molecule has 8 nitrogen and oxygen atoms in total. The van der Waals surface area contributed by atoms with Gasteiger partial charge in [-0.2, -0.15) is 5.10 Å². The highest BCUT2D eigenvalue weighted by Crippen LogP contribution is 2.39. The molecular formula is C30H24F2N4O4S2. The number of nitrogens with zero attached hydrogens (tertiary/aromatic N) is 3. The number of carbonyl (C=O) groups is 1. The second-order valence-corrected chi connectivity index (χ2v) is 12.6. The van der Waals surface area contributed by atoms with Crippen LogP contribution in [0.3, 0.4) is 0 Å². The minimum absolute atomic E-state index is 0.111. The number of halogens is 2. The molecule has 42 heavy (non-hydrogen) atoms. The van der Waals surface area contributed by atoms with Gasteiger partial charge in [0, 0.05) is 28.5 Å². The highest BCUT2D eigenvalue weighted by atomic mass is 32.2. The lowest BCUT2D eigenvalue weighted by molar-refractivity contribution is 0.0691. The molecule has 1 aliphatic carbocycles. The van der Waals surface area contributed by atoms with E-state index in [0.29, 0.717) is 45.4 Å². The first-order valence-electron chi connectivity index (χ1n) is 13.0. The van der Waals surface area contributed by atoms with Crippen LogP contribution < -0.4 is 5.14 Å². The van der Waals surface area contributed by atoms with E-state index in [1.807, 2.05) is 18.2 Å². The van der Waals surface area contributed by atoms with E-state index in [4.69, 9.17) is 10.2 Å². The molecular weight excluding hydrogens is 582 g/mol. The summed E-state index contributed by atoms with van der Waals surface area (Å²) in [7, 11) is -4.24. The zero-order chi connectivity index (χ0) is 29.6. The van der Waals surface area contributed by atoms with Crippen molar-refractivity contribution >= 4 is 27.3 Å². The summed E-state index contributed by atoms with van der Waals surface area (Å²) in [5.74, 6) is -2.14. The van der Waals surface area contributed by atoms with Crippen LogP contribution in [0, 0.1) is 17.6 Å². The monoisotopic (exact) mass is 606 g/mol. The second kappa shape index (κ2) is 10.9. The topological polar surface area (TPSA) is 128 Å². The summed E-state index contributed by atoms with van der Waals surface area (Å²) in [6, 6.07) is 17.5. The van der Waals surface area contributed by atoms with Gasteiger partial charge in [-0.3, -0.25) is 0 Å². The Labute approximate surface area is 244 Å². The van der Waals surface area contributed by atoms with Gasteiger partial charge in [-0.1, -0.05) is 36.4 Å². The maximum Gasteiger partial charge on any atom is 0.355 e. The smallest absolute Gasteiger partial charge is 0.355 e. The Morgan fingerprint density at radius 3 is 2.43 bits per heavy atom. The number of nitrogens with two attached hydrogens (primary N) is 1. The van der Waals surface area contributed by atoms with Gasteiger partial charge in [0.25, 0.3) is 0 Å². The SMILES string of the molecule is NS(=O)(=O)c1ccc(Cc2c(-c3ccc(F)c(-c4ccccc4)c3)nn(-c3nc(C(=O)O)cs3)c2CC2CC2)cc1F. The molecule has 214 valence electrons. The van der Waals surface area contributed by atoms with Crippen LogP contribution in [-0.4, -0.2) is 34.3 Å². The summed E-state index contributed by atoms with van der Waals surface area (Å²) < 4.78 is 55.0. The van der Waals surface area contributed by atoms with Crippen LogP contribution >= 0.6 is 11.3 Å². The molecule has 0 aliphatic heterocycles. The summed E-state index contributed by atoms with van der Waals surface area (Å²) in [6.45, 7) is 0. The molecule has 0 saturated heterocycles. The number of primary sulfonamides is 1. The number of benzene rings is 3. The molecule has 2 heterocycles. The summed E-state index contributed by atoms with van der Waals surface area (Å²) in [5.41, 5.74) is 4.05. The fourth-order valence-corrected chi connectivity index (χ4v) is 6.29. The van der Waals surface area contributed by atoms with Crippen molar-refractivity contribution in [2.24, 2.45) is 11.1 Å². The third kappa shape index (κ3) is 5.60. The Bertz CT molecular complexity index is 1930. The van der Waals surface area contributed by atoms with Crippen molar-refractivity contribution < 1.29 is 27.1 Å². The molecule has 3 N–H and O–H groups in total. The molecule has 6 rings (SSSR count). The Morgan fingerprint density at radius 1 is 1.02 bits per heavy atom. The molecule has 3 aromatic carbocycles. The quantitative estimate of drug-likeness (QED) is 0.217. The number of thiazole rings is 1. The first kappa shape index (κ1) is 27.9. The van der Waals surface area contributed by atoms with E-state index < -0.39 is 32.5 Å². The third-order valence-corrected chi connectivity index (χ3v) is 8.93. The van der Waals surface area contributed by atoms with E-state index in [2.05, 4.69) is 4.98 Å². The van der Waals surface area contributed by atoms with Crippen LogP contribution in [0.15, 0.2) is 77.0 Å². The third-order valence-electron chi connectivity index (χ3n) is 7.17. The van der Waals surface area contributed by atoms with E-state index >= 15 is 4.39 Å². The first-order valence-corrected chi connectivity index (χ1v) is 15.5.